The summed E-state index contributed by atoms with van der Waals surface area (Å²) in [7, 11) is 1.70. The van der Waals surface area contributed by atoms with Gasteiger partial charge >= 0.3 is 0 Å². The monoisotopic (exact) mass is 284 g/mol. The van der Waals surface area contributed by atoms with Gasteiger partial charge in [0, 0.05) is 12.8 Å². The summed E-state index contributed by atoms with van der Waals surface area (Å²) in [6.07, 6.45) is 0. The van der Waals surface area contributed by atoms with Gasteiger partial charge < -0.3 is 9.72 Å². The van der Waals surface area contributed by atoms with Crippen LogP contribution in [0, 0.1) is 11.7 Å². The van der Waals surface area contributed by atoms with Crippen molar-refractivity contribution >= 4 is 23.3 Å². The highest BCUT2D eigenvalue weighted by Crippen LogP contribution is 2.21. The summed E-state index contributed by atoms with van der Waals surface area (Å²) in [6.45, 7) is 2.68. The second-order valence-electron chi connectivity index (χ2n) is 4.89. The molecule has 0 fully saturated rings. The van der Waals surface area contributed by atoms with Crippen LogP contribution in [0.15, 0.2) is 42.5 Å². The van der Waals surface area contributed by atoms with Gasteiger partial charge in [0.15, 0.2) is 4.77 Å². The van der Waals surface area contributed by atoms with E-state index in [4.69, 9.17) is 17.0 Å². The molecule has 0 saturated heterocycles. The lowest BCUT2D eigenvalue weighted by Crippen LogP contribution is -1.96. The standard InChI is InChI=1S/C16H16N2OS/c1-11-6-7-15-14(8-11)17-16(20)18(15)13-5-3-4-12(9-13)10-19-2/h3-9H,10H2,1-2H3,(H,17,20). The predicted molar refractivity (Wildman–Crippen MR) is 83.9 cm³/mol. The van der Waals surface area contributed by atoms with Crippen molar-refractivity contribution in [2.45, 2.75) is 13.5 Å². The van der Waals surface area contributed by atoms with E-state index >= 15 is 0 Å². The molecule has 3 nitrogen and oxygen atoms in total. The molecular weight excluding hydrogens is 268 g/mol. The molecule has 3 aromatic rings. The molecular formula is C16H16N2OS. The molecule has 3 rings (SSSR count). The third kappa shape index (κ3) is 2.28. The first-order chi connectivity index (χ1) is 9.69. The van der Waals surface area contributed by atoms with Gasteiger partial charge in [-0.1, -0.05) is 18.2 Å². The van der Waals surface area contributed by atoms with Crippen LogP contribution in [0.5, 0.6) is 0 Å². The number of hydrogen-bond acceptors (Lipinski definition) is 2. The summed E-state index contributed by atoms with van der Waals surface area (Å²) in [5.41, 5.74) is 5.56. The second kappa shape index (κ2) is 5.23. The quantitative estimate of drug-likeness (QED) is 0.732. The number of H-pyrrole nitrogens is 1. The molecule has 20 heavy (non-hydrogen) atoms. The lowest BCUT2D eigenvalue weighted by Gasteiger charge is -2.07. The molecule has 0 spiro atoms. The first-order valence-corrected chi connectivity index (χ1v) is 6.89. The molecule has 2 aromatic carbocycles. The fraction of sp³-hybridized carbons (Fsp3) is 0.188. The Balaban J connectivity index is 2.21. The maximum absolute atomic E-state index is 5.46. The summed E-state index contributed by atoms with van der Waals surface area (Å²) in [6, 6.07) is 14.5. The predicted octanol–water partition coefficient (Wildman–Crippen LogP) is 4.14. The number of hydrogen-bond donors (Lipinski definition) is 1. The first kappa shape index (κ1) is 13.1. The van der Waals surface area contributed by atoms with Crippen molar-refractivity contribution in [2.24, 2.45) is 0 Å². The lowest BCUT2D eigenvalue weighted by atomic mass is 10.2. The first-order valence-electron chi connectivity index (χ1n) is 6.48. The lowest BCUT2D eigenvalue weighted by molar-refractivity contribution is 0.185. The van der Waals surface area contributed by atoms with Crippen molar-refractivity contribution < 1.29 is 4.74 Å². The van der Waals surface area contributed by atoms with Crippen molar-refractivity contribution in [3.63, 3.8) is 0 Å². The smallest absolute Gasteiger partial charge is 0.182 e. The molecule has 0 saturated carbocycles. The Kier molecular flexibility index (Phi) is 3.42. The van der Waals surface area contributed by atoms with Gasteiger partial charge in [-0.3, -0.25) is 4.57 Å². The Hall–Kier alpha value is -1.91. The van der Waals surface area contributed by atoms with Crippen LogP contribution in [0.25, 0.3) is 16.7 Å². The summed E-state index contributed by atoms with van der Waals surface area (Å²) in [4.78, 5) is 3.26. The normalized spacial score (nSPS) is 11.1. The van der Waals surface area contributed by atoms with Gasteiger partial charge in [0.25, 0.3) is 0 Å². The number of aryl methyl sites for hydroxylation is 1. The van der Waals surface area contributed by atoms with E-state index in [1.54, 1.807) is 7.11 Å². The largest absolute Gasteiger partial charge is 0.380 e. The summed E-state index contributed by atoms with van der Waals surface area (Å²) >= 11 is 5.46. The van der Waals surface area contributed by atoms with Crippen LogP contribution < -0.4 is 0 Å². The topological polar surface area (TPSA) is 29.9 Å². The minimum absolute atomic E-state index is 0.600. The Bertz CT molecular complexity index is 817. The molecule has 0 radical (unpaired) electrons. The van der Waals surface area contributed by atoms with E-state index in [1.807, 2.05) is 6.07 Å². The van der Waals surface area contributed by atoms with Crippen LogP contribution >= 0.6 is 12.2 Å². The number of imidazole rings is 1. The number of rotatable bonds is 3. The van der Waals surface area contributed by atoms with E-state index in [2.05, 4.69) is 52.9 Å². The fourth-order valence-corrected chi connectivity index (χ4v) is 2.75. The summed E-state index contributed by atoms with van der Waals surface area (Å²) < 4.78 is 7.96. The highest BCUT2D eigenvalue weighted by molar-refractivity contribution is 7.71. The third-order valence-corrected chi connectivity index (χ3v) is 3.60. The van der Waals surface area contributed by atoms with Crippen molar-refractivity contribution in [1.29, 1.82) is 0 Å². The molecule has 1 N–H and O–H groups in total. The van der Waals surface area contributed by atoms with Crippen molar-refractivity contribution in [1.82, 2.24) is 9.55 Å². The average molecular weight is 284 g/mol. The Morgan fingerprint density at radius 2 is 2.05 bits per heavy atom. The molecule has 0 aliphatic rings. The molecule has 1 aromatic heterocycles. The number of fused-ring (bicyclic) bond motifs is 1. The Labute approximate surface area is 122 Å². The highest BCUT2D eigenvalue weighted by atomic mass is 32.1. The molecule has 102 valence electrons. The van der Waals surface area contributed by atoms with E-state index in [0.717, 1.165) is 22.3 Å². The number of methoxy groups -OCH3 is 1. The van der Waals surface area contributed by atoms with Gasteiger partial charge in [0.2, 0.25) is 0 Å². The average Bonchev–Trinajstić information content (AvgIpc) is 2.74. The number of benzene rings is 2. The molecule has 4 heteroatoms. The zero-order valence-corrected chi connectivity index (χ0v) is 12.3. The van der Waals surface area contributed by atoms with Crippen molar-refractivity contribution in [2.75, 3.05) is 7.11 Å². The van der Waals surface area contributed by atoms with E-state index in [1.165, 1.54) is 5.56 Å². The van der Waals surface area contributed by atoms with E-state index in [9.17, 15) is 0 Å². The van der Waals surface area contributed by atoms with Gasteiger partial charge in [-0.2, -0.15) is 0 Å². The van der Waals surface area contributed by atoms with Crippen LogP contribution in [0.1, 0.15) is 11.1 Å². The number of ether oxygens (including phenoxy) is 1. The fourth-order valence-electron chi connectivity index (χ4n) is 2.43. The molecule has 0 aliphatic heterocycles. The van der Waals surface area contributed by atoms with Crippen LogP contribution in [-0.4, -0.2) is 16.7 Å². The third-order valence-electron chi connectivity index (χ3n) is 3.32. The Morgan fingerprint density at radius 3 is 2.85 bits per heavy atom. The molecule has 0 atom stereocenters. The molecule has 0 unspecified atom stereocenters. The number of nitrogens with zero attached hydrogens (tertiary/aromatic N) is 1. The van der Waals surface area contributed by atoms with Gasteiger partial charge in [0.1, 0.15) is 0 Å². The molecule has 0 amide bonds. The SMILES string of the molecule is COCc1cccc(-n2c(=S)[nH]c3cc(C)ccc32)c1. The van der Waals surface area contributed by atoms with E-state index < -0.39 is 0 Å². The van der Waals surface area contributed by atoms with Gasteiger partial charge in [-0.15, -0.1) is 0 Å². The minimum atomic E-state index is 0.600. The van der Waals surface area contributed by atoms with Crippen LogP contribution in [0.3, 0.4) is 0 Å². The zero-order valence-electron chi connectivity index (χ0n) is 11.5. The summed E-state index contributed by atoms with van der Waals surface area (Å²) in [5.74, 6) is 0. The van der Waals surface area contributed by atoms with Crippen molar-refractivity contribution in [3.8, 4) is 5.69 Å². The number of nitrogens with one attached hydrogen (secondary N) is 1. The molecule has 1 heterocycles. The van der Waals surface area contributed by atoms with Gasteiger partial charge in [-0.25, -0.2) is 0 Å². The molecule has 0 aliphatic carbocycles. The minimum Gasteiger partial charge on any atom is -0.380 e. The van der Waals surface area contributed by atoms with Crippen molar-refractivity contribution in [3.05, 3.63) is 58.4 Å². The van der Waals surface area contributed by atoms with E-state index in [0.29, 0.717) is 11.4 Å². The van der Waals surface area contributed by atoms with Crippen LogP contribution in [0.4, 0.5) is 0 Å². The maximum atomic E-state index is 5.46. The van der Waals surface area contributed by atoms with Gasteiger partial charge in [-0.05, 0) is 54.5 Å². The van der Waals surface area contributed by atoms with E-state index in [-0.39, 0.29) is 0 Å². The number of aromatic amines is 1. The van der Waals surface area contributed by atoms with Crippen LogP contribution in [-0.2, 0) is 11.3 Å². The van der Waals surface area contributed by atoms with Gasteiger partial charge in [0.05, 0.1) is 17.6 Å². The number of aromatic nitrogens is 2. The van der Waals surface area contributed by atoms with Crippen LogP contribution in [0.2, 0.25) is 0 Å². The second-order valence-corrected chi connectivity index (χ2v) is 5.28. The highest BCUT2D eigenvalue weighted by Gasteiger charge is 2.07. The maximum Gasteiger partial charge on any atom is 0.182 e. The summed E-state index contributed by atoms with van der Waals surface area (Å²) in [5, 5.41) is 0. The Morgan fingerprint density at radius 1 is 1.20 bits per heavy atom. The zero-order chi connectivity index (χ0) is 14.1. The molecule has 0 bridgehead atoms.